The fourth-order valence-corrected chi connectivity index (χ4v) is 9.57. The molecular formula is C52H52F12N4O10Pd. The molecule has 2 unspecified atom stereocenters. The first-order valence-electron chi connectivity index (χ1n) is 23.3. The standard InChI is InChI=1S/C30H26F6N2O5.C22H20F6N2O3.2H2O.Pd.H2/c1-18(20-12-22(29(31,32)33)14-23(13-20)30(34,35)36)42-17-28(21-10-6-3-7-11-21)15-24-25(37-26(39)43-24)38(28)27(40)41-16-19-8-4-2-5-9-19;1-12(13-7-15(21(23,24)25)9-16(8-13)22(26,27)28)32-11-20(14-5-3-2-4-6-14)10-17-18(30-20)29-19(31)33-17;;;;/h2-14,18,24-25H,15-17H2,1H3,(H,37,39);2-9,12,17-18,30H,10-11H2,1H3,(H,29,31);2*1H2;;1H/t18-,24-,25?,28-;12-,17-,18?,20-;;;;/m11..../s1. The van der Waals surface area contributed by atoms with Crippen LogP contribution in [0.3, 0.4) is 0 Å². The molecule has 5 aromatic rings. The molecule has 0 aliphatic carbocycles. The zero-order valence-electron chi connectivity index (χ0n) is 41.2. The smallest absolute Gasteiger partial charge is 0.416 e. The number of nitrogens with one attached hydrogen (secondary N) is 3. The van der Waals surface area contributed by atoms with Gasteiger partial charge in [0.1, 0.15) is 36.7 Å². The van der Waals surface area contributed by atoms with E-state index in [9.17, 15) is 67.1 Å². The Labute approximate surface area is 457 Å². The molecule has 79 heavy (non-hydrogen) atoms. The van der Waals surface area contributed by atoms with Crippen LogP contribution in [0.5, 0.6) is 0 Å². The molecule has 0 bridgehead atoms. The summed E-state index contributed by atoms with van der Waals surface area (Å²) >= 11 is 0. The molecule has 0 saturated carbocycles. The number of halogens is 12. The van der Waals surface area contributed by atoms with Crippen molar-refractivity contribution in [3.63, 3.8) is 0 Å². The number of likely N-dealkylation sites (tertiary alicyclic amines) is 1. The molecule has 4 saturated heterocycles. The van der Waals surface area contributed by atoms with Gasteiger partial charge in [-0.15, -0.1) is 0 Å². The van der Waals surface area contributed by atoms with E-state index >= 15 is 0 Å². The molecule has 4 heterocycles. The van der Waals surface area contributed by atoms with Crippen molar-refractivity contribution in [3.05, 3.63) is 177 Å². The van der Waals surface area contributed by atoms with Crippen LogP contribution in [0.25, 0.3) is 0 Å². The van der Waals surface area contributed by atoms with Gasteiger partial charge in [-0.1, -0.05) is 91.0 Å². The minimum absolute atomic E-state index is 0. The van der Waals surface area contributed by atoms with Gasteiger partial charge in [0, 0.05) is 34.7 Å². The molecule has 4 aliphatic rings. The van der Waals surface area contributed by atoms with E-state index in [-0.39, 0.29) is 82.3 Å². The van der Waals surface area contributed by atoms with Crippen LogP contribution in [-0.4, -0.2) is 71.9 Å². The Morgan fingerprint density at radius 1 is 0.608 bits per heavy atom. The number of alkyl halides is 12. The van der Waals surface area contributed by atoms with Crippen LogP contribution in [0.4, 0.5) is 67.1 Å². The van der Waals surface area contributed by atoms with Crippen LogP contribution < -0.4 is 16.0 Å². The first-order valence-corrected chi connectivity index (χ1v) is 23.3. The summed E-state index contributed by atoms with van der Waals surface area (Å²) in [4.78, 5) is 38.5. The van der Waals surface area contributed by atoms with Gasteiger partial charge < -0.3 is 40.0 Å². The van der Waals surface area contributed by atoms with Gasteiger partial charge in [0.2, 0.25) is 0 Å². The van der Waals surface area contributed by atoms with Gasteiger partial charge in [-0.3, -0.25) is 15.5 Å². The molecule has 27 heteroatoms. The minimum Gasteiger partial charge on any atom is -0.444 e. The van der Waals surface area contributed by atoms with Gasteiger partial charge >= 0.3 is 43.0 Å². The monoisotopic (exact) mass is 1230 g/mol. The SMILES string of the molecule is C[C@@H](OC[C@@]1(c2ccccc2)C[C@H]2OC(=O)NC2N1)c1cc(C(F)(F)F)cc(C(F)(F)F)c1.C[C@@H](OC[C@@]1(c2ccccc2)C[C@H]2OC(=O)NC2N1C(=O)OCc1ccccc1)c1cc(C(F)(F)F)cc(C(F)(F)F)c1.O.O.[HH].[Pd]. The average Bonchev–Trinajstić information content (AvgIpc) is 4.10. The number of hydrogen-bond acceptors (Lipinski definition) is 9. The Balaban J connectivity index is 0.000000338. The summed E-state index contributed by atoms with van der Waals surface area (Å²) in [5, 5.41) is 8.47. The second-order valence-electron chi connectivity index (χ2n) is 18.5. The Bertz CT molecular complexity index is 2820. The van der Waals surface area contributed by atoms with Gasteiger partial charge in [-0.25, -0.2) is 14.4 Å². The third-order valence-corrected chi connectivity index (χ3v) is 13.4. The first-order chi connectivity index (χ1) is 35.6. The Morgan fingerprint density at radius 3 is 1.48 bits per heavy atom. The molecule has 9 rings (SSSR count). The Kier molecular flexibility index (Phi) is 19.6. The van der Waals surface area contributed by atoms with Crippen molar-refractivity contribution in [2.45, 2.75) is 106 Å². The van der Waals surface area contributed by atoms with E-state index in [1.807, 2.05) is 12.1 Å². The maximum absolute atomic E-state index is 13.7. The molecule has 7 N–H and O–H groups in total. The van der Waals surface area contributed by atoms with E-state index in [0.717, 1.165) is 5.56 Å². The summed E-state index contributed by atoms with van der Waals surface area (Å²) in [5.41, 5.74) is -6.57. The van der Waals surface area contributed by atoms with Crippen molar-refractivity contribution < 1.29 is 124 Å². The molecule has 0 aromatic heterocycles. The van der Waals surface area contributed by atoms with Gasteiger partial charge in [-0.2, -0.15) is 52.7 Å². The molecule has 4 aliphatic heterocycles. The molecule has 434 valence electrons. The summed E-state index contributed by atoms with van der Waals surface area (Å²) in [6.45, 7) is 2.16. The maximum atomic E-state index is 13.7. The van der Waals surface area contributed by atoms with Gasteiger partial charge in [0.15, 0.2) is 0 Å². The minimum atomic E-state index is -5.03. The predicted octanol–water partition coefficient (Wildman–Crippen LogP) is 10.9. The molecular weight excluding hydrogens is 1170 g/mol. The number of amides is 3. The van der Waals surface area contributed by atoms with Crippen molar-refractivity contribution in [1.29, 1.82) is 0 Å². The van der Waals surface area contributed by atoms with Crippen LogP contribution in [0.2, 0.25) is 0 Å². The Hall–Kier alpha value is -6.47. The van der Waals surface area contributed by atoms with E-state index in [1.54, 1.807) is 78.9 Å². The number of rotatable bonds is 12. The maximum Gasteiger partial charge on any atom is 0.416 e. The van der Waals surface area contributed by atoms with Crippen LogP contribution in [0.15, 0.2) is 127 Å². The summed E-state index contributed by atoms with van der Waals surface area (Å²) in [6, 6.07) is 29.0. The third-order valence-electron chi connectivity index (χ3n) is 13.4. The topological polar surface area (TPSA) is 200 Å². The largest absolute Gasteiger partial charge is 0.444 e. The van der Waals surface area contributed by atoms with Gasteiger partial charge in [0.05, 0.1) is 53.2 Å². The number of benzene rings is 5. The first kappa shape index (κ1) is 63.4. The van der Waals surface area contributed by atoms with Crippen LogP contribution in [-0.2, 0) is 86.5 Å². The van der Waals surface area contributed by atoms with E-state index in [0.29, 0.717) is 41.8 Å². The second kappa shape index (κ2) is 24.5. The summed E-state index contributed by atoms with van der Waals surface area (Å²) < 4.78 is 188. The quantitative estimate of drug-likeness (QED) is 0.0618. The predicted molar refractivity (Wildman–Crippen MR) is 252 cm³/mol. The summed E-state index contributed by atoms with van der Waals surface area (Å²) in [7, 11) is 0. The van der Waals surface area contributed by atoms with Crippen molar-refractivity contribution >= 4 is 18.3 Å². The van der Waals surface area contributed by atoms with Gasteiger partial charge in [-0.05, 0) is 78.1 Å². The second-order valence-corrected chi connectivity index (χ2v) is 18.5. The van der Waals surface area contributed by atoms with Crippen molar-refractivity contribution in [3.8, 4) is 0 Å². The zero-order chi connectivity index (χ0) is 55.0. The third kappa shape index (κ3) is 14.3. The molecule has 14 nitrogen and oxygen atoms in total. The molecule has 8 atom stereocenters. The average molecular weight is 1230 g/mol. The molecule has 3 amide bonds. The fourth-order valence-electron chi connectivity index (χ4n) is 9.57. The van der Waals surface area contributed by atoms with Crippen molar-refractivity contribution in [1.82, 2.24) is 20.9 Å². The molecule has 4 fully saturated rings. The number of alkyl carbamates (subject to hydrolysis) is 2. The number of nitrogens with zero attached hydrogens (tertiary/aromatic N) is 1. The van der Waals surface area contributed by atoms with Crippen LogP contribution in [0.1, 0.15) is 90.4 Å². The molecule has 0 radical (unpaired) electrons. The van der Waals surface area contributed by atoms with Crippen molar-refractivity contribution in [2.75, 3.05) is 13.2 Å². The van der Waals surface area contributed by atoms with Gasteiger partial charge in [0.25, 0.3) is 0 Å². The Morgan fingerprint density at radius 2 is 1.03 bits per heavy atom. The summed E-state index contributed by atoms with van der Waals surface area (Å²) in [5.74, 6) is 0. The van der Waals surface area contributed by atoms with Crippen LogP contribution in [0, 0.1) is 0 Å². The normalized spacial score (nSPS) is 23.1. The molecule has 5 aromatic carbocycles. The summed E-state index contributed by atoms with van der Waals surface area (Å²) in [6.07, 6.45) is -26.9. The fraction of sp³-hybridized carbons (Fsp3) is 0.365. The zero-order valence-corrected chi connectivity index (χ0v) is 42.7. The van der Waals surface area contributed by atoms with E-state index < -0.39 is 113 Å². The molecule has 0 spiro atoms. The van der Waals surface area contributed by atoms with Crippen LogP contribution >= 0.6 is 0 Å². The van der Waals surface area contributed by atoms with E-state index in [1.165, 1.54) is 18.7 Å². The number of fused-ring (bicyclic) bond motifs is 2. The number of hydrogen-bond donors (Lipinski definition) is 3. The number of ether oxygens (including phenoxy) is 5. The number of carbonyl (C=O) groups is 3. The van der Waals surface area contributed by atoms with Crippen molar-refractivity contribution in [2.24, 2.45) is 0 Å². The number of carbonyl (C=O) groups excluding carboxylic acids is 3. The van der Waals surface area contributed by atoms with E-state index in [2.05, 4.69) is 16.0 Å². The van der Waals surface area contributed by atoms with E-state index in [4.69, 9.17) is 23.7 Å².